The van der Waals surface area contributed by atoms with Gasteiger partial charge in [-0.2, -0.15) is 4.31 Å². The van der Waals surface area contributed by atoms with Gasteiger partial charge in [0, 0.05) is 30.8 Å². The number of sulfonamides is 2. The van der Waals surface area contributed by atoms with E-state index in [1.165, 1.54) is 42.3 Å². The summed E-state index contributed by atoms with van der Waals surface area (Å²) in [6, 6.07) is 11.7. The molecule has 41 heavy (non-hydrogen) atoms. The predicted octanol–water partition coefficient (Wildman–Crippen LogP) is 3.16. The average molecular weight is 626 g/mol. The molecule has 0 aliphatic carbocycles. The molecule has 0 saturated heterocycles. The normalized spacial score (nSPS) is 19.1. The molecule has 2 N–H and O–H groups in total. The van der Waals surface area contributed by atoms with Crippen LogP contribution in [0.4, 0.5) is 10.1 Å². The standard InChI is InChI=1S/C27H32FN3O7S3/c1-18-15-31(19(2)17-32)26(33)14-20-13-22(29-40(34,35)27-5-4-12-39-27)8-11-24(20)38-25(18)16-30(3)41(36,37)23-9-6-21(28)7-10-23/h4-13,18-19,25,29,32H,14-17H2,1-3H3/t18-,19-,25+/m0/s1. The fourth-order valence-corrected chi connectivity index (χ4v) is 7.70. The highest BCUT2D eigenvalue weighted by Gasteiger charge is 2.33. The number of fused-ring (bicyclic) bond motifs is 1. The van der Waals surface area contributed by atoms with Crippen LogP contribution in [0.2, 0.25) is 0 Å². The summed E-state index contributed by atoms with van der Waals surface area (Å²) in [6.45, 7) is 3.33. The Bertz CT molecular complexity index is 1580. The van der Waals surface area contributed by atoms with Gasteiger partial charge >= 0.3 is 0 Å². The van der Waals surface area contributed by atoms with Crippen LogP contribution in [-0.2, 0) is 31.3 Å². The fourth-order valence-electron chi connectivity index (χ4n) is 4.47. The number of aliphatic hydroxyl groups excluding tert-OH is 1. The topological polar surface area (TPSA) is 133 Å². The third-order valence-corrected chi connectivity index (χ3v) is 11.5. The van der Waals surface area contributed by atoms with Gasteiger partial charge in [0.25, 0.3) is 10.0 Å². The van der Waals surface area contributed by atoms with Crippen LogP contribution in [0.25, 0.3) is 0 Å². The van der Waals surface area contributed by atoms with Crippen molar-refractivity contribution in [3.8, 4) is 5.75 Å². The first-order chi connectivity index (χ1) is 19.3. The summed E-state index contributed by atoms with van der Waals surface area (Å²) >= 11 is 1.07. The van der Waals surface area contributed by atoms with E-state index in [-0.39, 0.29) is 52.7 Å². The second-order valence-electron chi connectivity index (χ2n) is 9.99. The number of likely N-dealkylation sites (N-methyl/N-ethyl adjacent to an activating group) is 1. The van der Waals surface area contributed by atoms with Gasteiger partial charge in [0.2, 0.25) is 15.9 Å². The molecule has 1 aromatic heterocycles. The van der Waals surface area contributed by atoms with Crippen LogP contribution in [0.5, 0.6) is 5.75 Å². The number of amides is 1. The van der Waals surface area contributed by atoms with E-state index in [1.54, 1.807) is 24.4 Å². The second-order valence-corrected chi connectivity index (χ2v) is 14.9. The Morgan fingerprint density at radius 2 is 1.88 bits per heavy atom. The zero-order chi connectivity index (χ0) is 29.9. The molecule has 0 bridgehead atoms. The first-order valence-corrected chi connectivity index (χ1v) is 16.6. The van der Waals surface area contributed by atoms with Gasteiger partial charge in [-0.1, -0.05) is 13.0 Å². The summed E-state index contributed by atoms with van der Waals surface area (Å²) in [6.07, 6.45) is -0.862. The number of benzene rings is 2. The predicted molar refractivity (Wildman–Crippen MR) is 153 cm³/mol. The average Bonchev–Trinajstić information content (AvgIpc) is 3.49. The van der Waals surface area contributed by atoms with Crippen LogP contribution in [0.15, 0.2) is 69.1 Å². The minimum absolute atomic E-state index is 0.0779. The molecule has 2 aromatic carbocycles. The minimum Gasteiger partial charge on any atom is -0.488 e. The maximum Gasteiger partial charge on any atom is 0.271 e. The van der Waals surface area contributed by atoms with E-state index < -0.39 is 38.0 Å². The Hall–Kier alpha value is -3.04. The van der Waals surface area contributed by atoms with Crippen LogP contribution < -0.4 is 9.46 Å². The van der Waals surface area contributed by atoms with Gasteiger partial charge in [-0.3, -0.25) is 9.52 Å². The van der Waals surface area contributed by atoms with Crippen molar-refractivity contribution in [2.24, 2.45) is 5.92 Å². The summed E-state index contributed by atoms with van der Waals surface area (Å²) in [5.74, 6) is -0.923. The van der Waals surface area contributed by atoms with Crippen molar-refractivity contribution in [1.82, 2.24) is 9.21 Å². The molecule has 0 unspecified atom stereocenters. The Kier molecular flexibility index (Phi) is 9.39. The van der Waals surface area contributed by atoms with Crippen molar-refractivity contribution < 1.29 is 35.9 Å². The highest BCUT2D eigenvalue weighted by atomic mass is 32.2. The summed E-state index contributed by atoms with van der Waals surface area (Å²) in [5, 5.41) is 11.5. The summed E-state index contributed by atoms with van der Waals surface area (Å²) < 4.78 is 75.5. The number of hydrogen-bond acceptors (Lipinski definition) is 8. The molecule has 0 spiro atoms. The maximum atomic E-state index is 13.4. The van der Waals surface area contributed by atoms with Crippen LogP contribution in [0, 0.1) is 11.7 Å². The number of ether oxygens (including phenoxy) is 1. The van der Waals surface area contributed by atoms with Crippen LogP contribution >= 0.6 is 11.3 Å². The van der Waals surface area contributed by atoms with Crippen LogP contribution in [0.3, 0.4) is 0 Å². The third-order valence-electron chi connectivity index (χ3n) is 6.89. The van der Waals surface area contributed by atoms with Crippen molar-refractivity contribution in [3.05, 3.63) is 71.4 Å². The second kappa shape index (κ2) is 12.4. The van der Waals surface area contributed by atoms with Crippen molar-refractivity contribution >= 4 is 43.0 Å². The van der Waals surface area contributed by atoms with Crippen LogP contribution in [0.1, 0.15) is 19.4 Å². The minimum atomic E-state index is -3.99. The lowest BCUT2D eigenvalue weighted by molar-refractivity contribution is -0.134. The number of thiophene rings is 1. The third kappa shape index (κ3) is 7.07. The summed E-state index contributed by atoms with van der Waals surface area (Å²) in [4.78, 5) is 14.8. The van der Waals surface area contributed by atoms with Crippen molar-refractivity contribution in [2.45, 2.75) is 41.5 Å². The molecule has 14 heteroatoms. The molecule has 0 radical (unpaired) electrons. The molecule has 3 aromatic rings. The number of rotatable bonds is 9. The maximum absolute atomic E-state index is 13.4. The molecular formula is C27H32FN3O7S3. The molecule has 4 rings (SSSR count). The van der Waals surface area contributed by atoms with Gasteiger partial charge in [-0.25, -0.2) is 21.2 Å². The zero-order valence-corrected chi connectivity index (χ0v) is 25.2. The van der Waals surface area contributed by atoms with Crippen LogP contribution in [-0.4, -0.2) is 75.9 Å². The summed E-state index contributed by atoms with van der Waals surface area (Å²) in [5.41, 5.74) is 0.634. The molecule has 0 saturated carbocycles. The lowest BCUT2D eigenvalue weighted by atomic mass is 10.0. The molecule has 1 aliphatic rings. The number of nitrogens with zero attached hydrogens (tertiary/aromatic N) is 2. The Labute approximate surface area is 243 Å². The van der Waals surface area contributed by atoms with E-state index in [1.807, 2.05) is 6.92 Å². The zero-order valence-electron chi connectivity index (χ0n) is 22.7. The van der Waals surface area contributed by atoms with Gasteiger partial charge in [0.15, 0.2) is 0 Å². The molecule has 1 amide bonds. The fraction of sp³-hybridized carbons (Fsp3) is 0.370. The van der Waals surface area contributed by atoms with E-state index in [9.17, 15) is 31.1 Å². The van der Waals surface area contributed by atoms with Gasteiger partial charge in [0.05, 0.1) is 30.5 Å². The monoisotopic (exact) mass is 625 g/mol. The summed E-state index contributed by atoms with van der Waals surface area (Å²) in [7, 11) is -6.44. The van der Waals surface area contributed by atoms with Gasteiger partial charge in [-0.05, 0) is 60.8 Å². The van der Waals surface area contributed by atoms with E-state index in [0.29, 0.717) is 11.3 Å². The van der Waals surface area contributed by atoms with Gasteiger partial charge < -0.3 is 14.7 Å². The van der Waals surface area contributed by atoms with E-state index in [0.717, 1.165) is 27.8 Å². The largest absolute Gasteiger partial charge is 0.488 e. The molecule has 222 valence electrons. The molecule has 1 aliphatic heterocycles. The molecule has 3 atom stereocenters. The van der Waals surface area contributed by atoms with Crippen molar-refractivity contribution in [3.63, 3.8) is 0 Å². The highest BCUT2D eigenvalue weighted by molar-refractivity contribution is 7.94. The van der Waals surface area contributed by atoms with Gasteiger partial charge in [0.1, 0.15) is 21.9 Å². The van der Waals surface area contributed by atoms with Crippen molar-refractivity contribution in [1.29, 1.82) is 0 Å². The number of halogens is 1. The first kappa shape index (κ1) is 30.9. The highest BCUT2D eigenvalue weighted by Crippen LogP contribution is 2.31. The Morgan fingerprint density at radius 3 is 2.51 bits per heavy atom. The Morgan fingerprint density at radius 1 is 1.17 bits per heavy atom. The number of anilines is 1. The molecule has 0 fully saturated rings. The number of aliphatic hydroxyl groups is 1. The molecular weight excluding hydrogens is 594 g/mol. The van der Waals surface area contributed by atoms with E-state index in [4.69, 9.17) is 4.74 Å². The van der Waals surface area contributed by atoms with E-state index >= 15 is 0 Å². The quantitative estimate of drug-likeness (QED) is 0.373. The lowest BCUT2D eigenvalue weighted by Gasteiger charge is -2.33. The number of hydrogen-bond donors (Lipinski definition) is 2. The van der Waals surface area contributed by atoms with E-state index in [2.05, 4.69) is 4.72 Å². The number of carbonyl (C=O) groups is 1. The Balaban J connectivity index is 1.68. The first-order valence-electron chi connectivity index (χ1n) is 12.8. The van der Waals surface area contributed by atoms with Crippen molar-refractivity contribution in [2.75, 3.05) is 31.5 Å². The van der Waals surface area contributed by atoms with Gasteiger partial charge in [-0.15, -0.1) is 11.3 Å². The lowest BCUT2D eigenvalue weighted by Crippen LogP contribution is -2.48. The molecule has 2 heterocycles. The number of nitrogens with one attached hydrogen (secondary N) is 1. The smallest absolute Gasteiger partial charge is 0.271 e. The molecule has 10 nitrogen and oxygen atoms in total. The SMILES string of the molecule is C[C@H]1CN([C@@H](C)CO)C(=O)Cc2cc(NS(=O)(=O)c3cccs3)ccc2O[C@@H]1CN(C)S(=O)(=O)c1ccc(F)cc1. The number of carbonyl (C=O) groups excluding carboxylic acids is 1.